The fourth-order valence-corrected chi connectivity index (χ4v) is 0.933. The quantitative estimate of drug-likeness (QED) is 0.619. The zero-order valence-corrected chi connectivity index (χ0v) is 6.20. The van der Waals surface area contributed by atoms with E-state index >= 15 is 0 Å². The second-order valence-corrected chi connectivity index (χ2v) is 2.17. The number of nitrogens with zero attached hydrogens (tertiary/aromatic N) is 2. The van der Waals surface area contributed by atoms with Gasteiger partial charge < -0.3 is 15.4 Å². The van der Waals surface area contributed by atoms with Crippen LogP contribution in [0.5, 0.6) is 5.75 Å². The van der Waals surface area contributed by atoms with Crippen LogP contribution < -0.4 is 5.73 Å². The third kappa shape index (κ3) is 1.01. The maximum atomic E-state index is 9.12. The number of aromatic nitrogens is 1. The van der Waals surface area contributed by atoms with E-state index in [0.29, 0.717) is 12.4 Å². The van der Waals surface area contributed by atoms with Crippen molar-refractivity contribution in [2.45, 2.75) is 13.5 Å². The van der Waals surface area contributed by atoms with Crippen molar-refractivity contribution in [2.24, 2.45) is 0 Å². The van der Waals surface area contributed by atoms with Gasteiger partial charge in [-0.3, -0.25) is 0 Å². The van der Waals surface area contributed by atoms with Crippen LogP contribution in [0.25, 0.3) is 0 Å². The van der Waals surface area contributed by atoms with Crippen LogP contribution in [0.2, 0.25) is 0 Å². The molecule has 0 aliphatic heterocycles. The minimum atomic E-state index is -0.0492. The molecule has 0 aliphatic carbocycles. The van der Waals surface area contributed by atoms with Crippen molar-refractivity contribution >= 4 is 5.82 Å². The lowest BCUT2D eigenvalue weighted by Crippen LogP contribution is -1.99. The number of nitrogen functional groups attached to an aromatic ring is 1. The second kappa shape index (κ2) is 2.54. The lowest BCUT2D eigenvalue weighted by molar-refractivity contribution is 0.472. The molecule has 0 bridgehead atoms. The van der Waals surface area contributed by atoms with E-state index in [4.69, 9.17) is 16.1 Å². The Labute approximate surface area is 64.5 Å². The largest absolute Gasteiger partial charge is 0.505 e. The summed E-state index contributed by atoms with van der Waals surface area (Å²) < 4.78 is 1.62. The molecule has 0 spiro atoms. The summed E-state index contributed by atoms with van der Waals surface area (Å²) >= 11 is 0. The van der Waals surface area contributed by atoms with Crippen molar-refractivity contribution in [2.75, 3.05) is 5.73 Å². The van der Waals surface area contributed by atoms with Crippen molar-refractivity contribution in [3.8, 4) is 11.8 Å². The molecule has 4 nitrogen and oxygen atoms in total. The third-order valence-electron chi connectivity index (χ3n) is 1.55. The van der Waals surface area contributed by atoms with Crippen molar-refractivity contribution in [1.82, 2.24) is 4.57 Å². The van der Waals surface area contributed by atoms with Gasteiger partial charge in [0.25, 0.3) is 0 Å². The zero-order chi connectivity index (χ0) is 8.43. The summed E-state index contributed by atoms with van der Waals surface area (Å²) in [4.78, 5) is 0. The number of rotatable bonds is 1. The summed E-state index contributed by atoms with van der Waals surface area (Å²) in [6.45, 7) is 2.54. The van der Waals surface area contributed by atoms with E-state index in [1.807, 2.05) is 13.0 Å². The number of aryl methyl sites for hydroxylation is 1. The van der Waals surface area contributed by atoms with Gasteiger partial charge in [0.2, 0.25) is 0 Å². The van der Waals surface area contributed by atoms with E-state index in [2.05, 4.69) is 0 Å². The van der Waals surface area contributed by atoms with Crippen LogP contribution in [0.1, 0.15) is 12.5 Å². The molecule has 1 rings (SSSR count). The number of hydrogen-bond donors (Lipinski definition) is 2. The van der Waals surface area contributed by atoms with Crippen molar-refractivity contribution in [3.05, 3.63) is 11.8 Å². The van der Waals surface area contributed by atoms with E-state index < -0.39 is 0 Å². The van der Waals surface area contributed by atoms with E-state index in [0.717, 1.165) is 0 Å². The fourth-order valence-electron chi connectivity index (χ4n) is 0.933. The summed E-state index contributed by atoms with van der Waals surface area (Å²) in [5.74, 6) is 0.277. The van der Waals surface area contributed by atoms with E-state index in [1.54, 1.807) is 4.57 Å². The smallest absolute Gasteiger partial charge is 0.153 e. The first-order chi connectivity index (χ1) is 5.20. The lowest BCUT2D eigenvalue weighted by Gasteiger charge is -1.97. The van der Waals surface area contributed by atoms with Crippen LogP contribution in [-0.2, 0) is 6.54 Å². The molecule has 4 heteroatoms. The molecule has 11 heavy (non-hydrogen) atoms. The van der Waals surface area contributed by atoms with Crippen molar-refractivity contribution in [1.29, 1.82) is 5.26 Å². The number of anilines is 1. The maximum Gasteiger partial charge on any atom is 0.153 e. The van der Waals surface area contributed by atoms with Gasteiger partial charge >= 0.3 is 0 Å². The van der Waals surface area contributed by atoms with E-state index in [1.165, 1.54) is 6.20 Å². The van der Waals surface area contributed by atoms with Crippen LogP contribution in [0.4, 0.5) is 5.82 Å². The third-order valence-corrected chi connectivity index (χ3v) is 1.55. The standard InChI is InChI=1S/C7H9N3O/c1-2-10-4-6(11)5(3-8)7(10)9/h4,11H,2,9H2,1H3. The molecule has 0 aliphatic rings. The Morgan fingerprint density at radius 1 is 1.82 bits per heavy atom. The van der Waals surface area contributed by atoms with Crippen molar-refractivity contribution in [3.63, 3.8) is 0 Å². The summed E-state index contributed by atoms with van der Waals surface area (Å²) in [6, 6.07) is 1.82. The summed E-state index contributed by atoms with van der Waals surface area (Å²) in [5, 5.41) is 17.6. The summed E-state index contributed by atoms with van der Waals surface area (Å²) in [5.41, 5.74) is 5.66. The van der Waals surface area contributed by atoms with Gasteiger partial charge in [0.05, 0.1) is 0 Å². The zero-order valence-electron chi connectivity index (χ0n) is 6.20. The molecule has 0 fully saturated rings. The Morgan fingerprint density at radius 3 is 2.73 bits per heavy atom. The monoisotopic (exact) mass is 151 g/mol. The molecule has 1 heterocycles. The van der Waals surface area contributed by atoms with Gasteiger partial charge in [-0.25, -0.2) is 0 Å². The average Bonchev–Trinajstić information content (AvgIpc) is 2.26. The van der Waals surface area contributed by atoms with Crippen LogP contribution in [0, 0.1) is 11.3 Å². The highest BCUT2D eigenvalue weighted by atomic mass is 16.3. The molecular weight excluding hydrogens is 142 g/mol. The first-order valence-electron chi connectivity index (χ1n) is 3.28. The predicted molar refractivity (Wildman–Crippen MR) is 40.9 cm³/mol. The number of nitrogens with two attached hydrogens (primary N) is 1. The summed E-state index contributed by atoms with van der Waals surface area (Å²) in [7, 11) is 0. The Hall–Kier alpha value is -1.63. The molecule has 0 amide bonds. The molecule has 0 atom stereocenters. The Morgan fingerprint density at radius 2 is 2.45 bits per heavy atom. The van der Waals surface area contributed by atoms with Crippen LogP contribution in [0.3, 0.4) is 0 Å². The minimum Gasteiger partial charge on any atom is -0.505 e. The summed E-state index contributed by atoms with van der Waals surface area (Å²) in [6.07, 6.45) is 1.45. The average molecular weight is 151 g/mol. The highest BCUT2D eigenvalue weighted by Gasteiger charge is 2.09. The first-order valence-corrected chi connectivity index (χ1v) is 3.28. The number of hydrogen-bond acceptors (Lipinski definition) is 3. The Bertz CT molecular complexity index is 308. The molecule has 58 valence electrons. The second-order valence-electron chi connectivity index (χ2n) is 2.17. The number of nitriles is 1. The highest BCUT2D eigenvalue weighted by molar-refractivity contribution is 5.58. The normalized spacial score (nSPS) is 9.45. The van der Waals surface area contributed by atoms with Gasteiger partial charge in [0.15, 0.2) is 5.75 Å². The SMILES string of the molecule is CCn1cc(O)c(C#N)c1N. The maximum absolute atomic E-state index is 9.12. The van der Waals surface area contributed by atoms with E-state index in [-0.39, 0.29) is 11.3 Å². The molecule has 0 radical (unpaired) electrons. The molecule has 0 unspecified atom stereocenters. The van der Waals surface area contributed by atoms with E-state index in [9.17, 15) is 0 Å². The fraction of sp³-hybridized carbons (Fsp3) is 0.286. The molecule has 0 saturated heterocycles. The Kier molecular flexibility index (Phi) is 1.73. The lowest BCUT2D eigenvalue weighted by atomic mass is 10.3. The van der Waals surface area contributed by atoms with Crippen LogP contribution in [-0.4, -0.2) is 9.67 Å². The predicted octanol–water partition coefficient (Wildman–Crippen LogP) is 0.667. The van der Waals surface area contributed by atoms with Gasteiger partial charge in [-0.05, 0) is 6.92 Å². The molecule has 0 aromatic carbocycles. The minimum absolute atomic E-state index is 0.0492. The van der Waals surface area contributed by atoms with Gasteiger partial charge in [-0.15, -0.1) is 0 Å². The van der Waals surface area contributed by atoms with Crippen LogP contribution in [0.15, 0.2) is 6.20 Å². The van der Waals surface area contributed by atoms with Gasteiger partial charge in [0, 0.05) is 12.7 Å². The highest BCUT2D eigenvalue weighted by Crippen LogP contribution is 2.24. The van der Waals surface area contributed by atoms with Gasteiger partial charge in [-0.2, -0.15) is 5.26 Å². The van der Waals surface area contributed by atoms with Crippen molar-refractivity contribution < 1.29 is 5.11 Å². The topological polar surface area (TPSA) is 75.0 Å². The number of aromatic hydroxyl groups is 1. The first kappa shape index (κ1) is 7.48. The molecule has 3 N–H and O–H groups in total. The molecular formula is C7H9N3O. The van der Waals surface area contributed by atoms with Crippen LogP contribution >= 0.6 is 0 Å². The van der Waals surface area contributed by atoms with Gasteiger partial charge in [-0.1, -0.05) is 0 Å². The molecule has 0 saturated carbocycles. The van der Waals surface area contributed by atoms with Gasteiger partial charge in [0.1, 0.15) is 17.5 Å². The Balaban J connectivity index is 3.28. The molecule has 1 aromatic rings. The molecule has 1 aromatic heterocycles.